The van der Waals surface area contributed by atoms with E-state index in [0.717, 1.165) is 36.1 Å². The quantitative estimate of drug-likeness (QED) is 0.167. The van der Waals surface area contributed by atoms with Crippen LogP contribution in [0, 0.1) is 0 Å². The van der Waals surface area contributed by atoms with Gasteiger partial charge in [-0.15, -0.1) is 0 Å². The smallest absolute Gasteiger partial charge is 0.303 e. The lowest BCUT2D eigenvalue weighted by Crippen LogP contribution is -2.32. The Morgan fingerprint density at radius 2 is 2.06 bits per heavy atom. The number of aliphatic hydroxyl groups is 1. The van der Waals surface area contributed by atoms with E-state index in [9.17, 15) is 14.7 Å². The van der Waals surface area contributed by atoms with Crippen LogP contribution in [0.4, 0.5) is 0 Å². The molecule has 1 aliphatic heterocycles. The second-order valence-electron chi connectivity index (χ2n) is 8.06. The molecule has 1 aromatic rings. The van der Waals surface area contributed by atoms with Gasteiger partial charge in [0.1, 0.15) is 0 Å². The summed E-state index contributed by atoms with van der Waals surface area (Å²) in [6.07, 6.45) is 13.9. The molecule has 5 nitrogen and oxygen atoms in total. The molecule has 1 amide bonds. The maximum absolute atomic E-state index is 12.3. The van der Waals surface area contributed by atoms with E-state index in [1.807, 2.05) is 54.3 Å². The molecule has 0 aromatic heterocycles. The fraction of sp³-hybridized carbons (Fsp3) is 0.462. The number of amides is 1. The lowest BCUT2D eigenvalue weighted by Gasteiger charge is -2.22. The Morgan fingerprint density at radius 1 is 1.28 bits per heavy atom. The highest BCUT2D eigenvalue weighted by Gasteiger charge is 2.28. The zero-order valence-corrected chi connectivity index (χ0v) is 19.9. The van der Waals surface area contributed by atoms with Crippen molar-refractivity contribution in [3.05, 3.63) is 65.1 Å². The number of rotatable bonds is 13. The van der Waals surface area contributed by atoms with Gasteiger partial charge >= 0.3 is 5.97 Å². The first-order valence-electron chi connectivity index (χ1n) is 11.4. The van der Waals surface area contributed by atoms with Crippen molar-refractivity contribution >= 4 is 23.6 Å². The number of likely N-dealkylation sites (tertiary alicyclic amines) is 1. The molecule has 2 unspecified atom stereocenters. The molecule has 174 valence electrons. The number of hydrogen-bond acceptors (Lipinski definition) is 4. The summed E-state index contributed by atoms with van der Waals surface area (Å²) in [7, 11) is 0. The highest BCUT2D eigenvalue weighted by atomic mass is 32.2. The first-order chi connectivity index (χ1) is 15.4. The number of aliphatic hydroxyl groups excluding tert-OH is 1. The van der Waals surface area contributed by atoms with E-state index in [1.54, 1.807) is 17.8 Å². The molecule has 1 aliphatic rings. The van der Waals surface area contributed by atoms with Crippen LogP contribution in [-0.2, 0) is 9.59 Å². The number of carboxylic acids is 1. The van der Waals surface area contributed by atoms with Gasteiger partial charge in [-0.05, 0) is 55.7 Å². The number of allylic oxidation sites excluding steroid dienone is 4. The molecule has 6 heteroatoms. The van der Waals surface area contributed by atoms with Crippen LogP contribution in [0.5, 0.6) is 0 Å². The molecule has 2 rings (SSSR count). The molecule has 0 aliphatic carbocycles. The Hall–Kier alpha value is -2.31. The van der Waals surface area contributed by atoms with Gasteiger partial charge in [-0.25, -0.2) is 0 Å². The Morgan fingerprint density at radius 3 is 2.81 bits per heavy atom. The molecule has 2 atom stereocenters. The molecular formula is C26H35NO4S. The normalized spacial score (nSPS) is 18.2. The van der Waals surface area contributed by atoms with Gasteiger partial charge in [0, 0.05) is 24.3 Å². The third-order valence-electron chi connectivity index (χ3n) is 5.43. The standard InChI is InChI=1S/C26H35NO4S/c1-3-4-10-20(2)32-23-12-9-11-21(19-23)24(28)16-14-22-15-17-25(29)27(22)18-8-6-5-7-13-26(30)31/h3-4,9-12,14,16,19,22,24,28H,5-8,13,15,17-18H2,1-2H3,(H,30,31)/b4-3-,16-14+,20-10-. The van der Waals surface area contributed by atoms with E-state index in [0.29, 0.717) is 19.4 Å². The summed E-state index contributed by atoms with van der Waals surface area (Å²) >= 11 is 1.66. The molecule has 0 spiro atoms. The maximum atomic E-state index is 12.3. The summed E-state index contributed by atoms with van der Waals surface area (Å²) in [4.78, 5) is 27.0. The van der Waals surface area contributed by atoms with E-state index >= 15 is 0 Å². The van der Waals surface area contributed by atoms with Gasteiger partial charge in [-0.2, -0.15) is 0 Å². The van der Waals surface area contributed by atoms with Crippen molar-refractivity contribution in [2.45, 2.75) is 75.8 Å². The number of nitrogens with zero attached hydrogens (tertiary/aromatic N) is 1. The van der Waals surface area contributed by atoms with Gasteiger partial charge in [-0.1, -0.05) is 67.1 Å². The fourth-order valence-electron chi connectivity index (χ4n) is 3.72. The zero-order valence-electron chi connectivity index (χ0n) is 19.1. The summed E-state index contributed by atoms with van der Waals surface area (Å²) in [5, 5.41) is 19.4. The van der Waals surface area contributed by atoms with Gasteiger partial charge in [-0.3, -0.25) is 9.59 Å². The number of carbonyl (C=O) groups is 2. The lowest BCUT2D eigenvalue weighted by atomic mass is 10.1. The van der Waals surface area contributed by atoms with Crippen molar-refractivity contribution in [2.24, 2.45) is 0 Å². The lowest BCUT2D eigenvalue weighted by molar-refractivity contribution is -0.137. The number of hydrogen-bond donors (Lipinski definition) is 2. The second kappa shape index (κ2) is 14.0. The number of carboxylic acid groups (broad SMARTS) is 1. The largest absolute Gasteiger partial charge is 0.481 e. The Balaban J connectivity index is 1.89. The van der Waals surface area contributed by atoms with Crippen LogP contribution in [0.1, 0.15) is 70.5 Å². The van der Waals surface area contributed by atoms with Gasteiger partial charge in [0.25, 0.3) is 0 Å². The van der Waals surface area contributed by atoms with Gasteiger partial charge < -0.3 is 15.1 Å². The van der Waals surface area contributed by atoms with Crippen LogP contribution >= 0.6 is 11.8 Å². The van der Waals surface area contributed by atoms with Crippen LogP contribution in [0.15, 0.2) is 64.4 Å². The average Bonchev–Trinajstić information content (AvgIpc) is 3.12. The first kappa shape index (κ1) is 25.9. The van der Waals surface area contributed by atoms with Crippen molar-refractivity contribution in [1.82, 2.24) is 4.90 Å². The monoisotopic (exact) mass is 457 g/mol. The number of aliphatic carboxylic acids is 1. The minimum atomic E-state index is -0.757. The predicted octanol–water partition coefficient (Wildman–Crippen LogP) is 5.87. The maximum Gasteiger partial charge on any atom is 0.303 e. The topological polar surface area (TPSA) is 77.8 Å². The minimum Gasteiger partial charge on any atom is -0.481 e. The molecule has 1 saturated heterocycles. The van der Waals surface area contributed by atoms with E-state index in [1.165, 1.54) is 4.91 Å². The summed E-state index contributed by atoms with van der Waals surface area (Å²) in [5.74, 6) is -0.602. The highest BCUT2D eigenvalue weighted by Crippen LogP contribution is 2.29. The van der Waals surface area contributed by atoms with E-state index in [-0.39, 0.29) is 18.4 Å². The molecular weight excluding hydrogens is 422 g/mol. The highest BCUT2D eigenvalue weighted by molar-refractivity contribution is 8.03. The van der Waals surface area contributed by atoms with Crippen LogP contribution in [0.25, 0.3) is 0 Å². The number of unbranched alkanes of at least 4 members (excludes halogenated alkanes) is 3. The van der Waals surface area contributed by atoms with E-state index < -0.39 is 12.1 Å². The number of benzene rings is 1. The van der Waals surface area contributed by atoms with Crippen LogP contribution in [0.3, 0.4) is 0 Å². The van der Waals surface area contributed by atoms with Crippen LogP contribution in [-0.4, -0.2) is 39.6 Å². The molecule has 32 heavy (non-hydrogen) atoms. The summed E-state index contributed by atoms with van der Waals surface area (Å²) in [6.45, 7) is 4.73. The molecule has 0 bridgehead atoms. The van der Waals surface area contributed by atoms with Crippen molar-refractivity contribution in [3.63, 3.8) is 0 Å². The molecule has 0 saturated carbocycles. The molecule has 1 heterocycles. The van der Waals surface area contributed by atoms with Crippen molar-refractivity contribution in [1.29, 1.82) is 0 Å². The Bertz CT molecular complexity index is 846. The fourth-order valence-corrected chi connectivity index (χ4v) is 4.58. The third kappa shape index (κ3) is 9.05. The van der Waals surface area contributed by atoms with E-state index in [2.05, 4.69) is 13.0 Å². The minimum absolute atomic E-state index is 0.0136. The van der Waals surface area contributed by atoms with Gasteiger partial charge in [0.05, 0.1) is 12.1 Å². The third-order valence-corrected chi connectivity index (χ3v) is 6.38. The molecule has 2 N–H and O–H groups in total. The Kier molecular flexibility index (Phi) is 11.3. The SMILES string of the molecule is C/C=C\C=C(\C)Sc1cccc(C(O)/C=C/C2CCC(=O)N2CCCCCCC(=O)O)c1. The van der Waals surface area contributed by atoms with Crippen molar-refractivity contribution < 1.29 is 19.8 Å². The average molecular weight is 458 g/mol. The second-order valence-corrected chi connectivity index (χ2v) is 9.38. The Labute approximate surface area is 195 Å². The molecule has 1 fully saturated rings. The van der Waals surface area contributed by atoms with Crippen LogP contribution < -0.4 is 0 Å². The van der Waals surface area contributed by atoms with Gasteiger partial charge in [0.15, 0.2) is 0 Å². The van der Waals surface area contributed by atoms with Gasteiger partial charge in [0.2, 0.25) is 5.91 Å². The summed E-state index contributed by atoms with van der Waals surface area (Å²) < 4.78 is 0. The number of thioether (sulfide) groups is 1. The number of carbonyl (C=O) groups excluding carboxylic acids is 1. The van der Waals surface area contributed by atoms with E-state index in [4.69, 9.17) is 5.11 Å². The van der Waals surface area contributed by atoms with Crippen molar-refractivity contribution in [2.75, 3.05) is 6.54 Å². The van der Waals surface area contributed by atoms with Crippen molar-refractivity contribution in [3.8, 4) is 0 Å². The summed E-state index contributed by atoms with van der Waals surface area (Å²) in [6, 6.07) is 7.92. The molecule has 0 radical (unpaired) electrons. The zero-order chi connectivity index (χ0) is 23.3. The van der Waals surface area contributed by atoms with Crippen LogP contribution in [0.2, 0.25) is 0 Å². The first-order valence-corrected chi connectivity index (χ1v) is 12.2. The summed E-state index contributed by atoms with van der Waals surface area (Å²) in [5.41, 5.74) is 0.833. The molecule has 1 aromatic carbocycles. The predicted molar refractivity (Wildman–Crippen MR) is 130 cm³/mol.